The molecule has 80 valence electrons. The third-order valence-corrected chi connectivity index (χ3v) is 2.71. The van der Waals surface area contributed by atoms with E-state index in [1.54, 1.807) is 12.5 Å². The minimum atomic E-state index is -0.119. The minimum absolute atomic E-state index is 0.119. The van der Waals surface area contributed by atoms with Crippen molar-refractivity contribution >= 4 is 0 Å². The Labute approximate surface area is 90.0 Å². The molecule has 1 unspecified atom stereocenters. The molecule has 1 aliphatic heterocycles. The van der Waals surface area contributed by atoms with E-state index in [9.17, 15) is 0 Å². The second kappa shape index (κ2) is 4.45. The zero-order chi connectivity index (χ0) is 10.7. The molecule has 15 heavy (non-hydrogen) atoms. The third-order valence-electron chi connectivity index (χ3n) is 2.71. The quantitative estimate of drug-likeness (QED) is 0.802. The lowest BCUT2D eigenvalue weighted by Crippen LogP contribution is -2.18. The Kier molecular flexibility index (Phi) is 3.02. The Balaban J connectivity index is 2.23. The molecule has 0 radical (unpaired) electrons. The van der Waals surface area contributed by atoms with E-state index in [1.165, 1.54) is 0 Å². The first-order chi connectivity index (χ1) is 7.29. The van der Waals surface area contributed by atoms with Crippen LogP contribution in [-0.2, 0) is 4.74 Å². The van der Waals surface area contributed by atoms with E-state index in [4.69, 9.17) is 10.5 Å². The largest absolute Gasteiger partial charge is 0.501 e. The van der Waals surface area contributed by atoms with Crippen LogP contribution in [0, 0.1) is 6.92 Å². The smallest absolute Gasteiger partial charge is 0.0876 e. The van der Waals surface area contributed by atoms with Gasteiger partial charge in [0.1, 0.15) is 0 Å². The van der Waals surface area contributed by atoms with E-state index in [2.05, 4.69) is 4.98 Å². The van der Waals surface area contributed by atoms with Crippen LogP contribution in [0.4, 0.5) is 0 Å². The summed E-state index contributed by atoms with van der Waals surface area (Å²) >= 11 is 0. The summed E-state index contributed by atoms with van der Waals surface area (Å²) in [6.45, 7) is 2.84. The summed E-state index contributed by atoms with van der Waals surface area (Å²) in [5.74, 6) is 0. The lowest BCUT2D eigenvalue weighted by atomic mass is 9.97. The van der Waals surface area contributed by atoms with E-state index < -0.39 is 0 Å². The molecule has 1 aromatic rings. The minimum Gasteiger partial charge on any atom is -0.501 e. The summed E-state index contributed by atoms with van der Waals surface area (Å²) in [5.41, 5.74) is 9.39. The number of hydrogen-bond acceptors (Lipinski definition) is 3. The Hall–Kier alpha value is -1.35. The molecule has 3 heteroatoms. The summed E-state index contributed by atoms with van der Waals surface area (Å²) < 4.78 is 5.29. The van der Waals surface area contributed by atoms with Gasteiger partial charge in [-0.15, -0.1) is 0 Å². The summed E-state index contributed by atoms with van der Waals surface area (Å²) in [4.78, 5) is 4.33. The molecule has 1 atom stereocenters. The highest BCUT2D eigenvalue weighted by Crippen LogP contribution is 2.25. The zero-order valence-corrected chi connectivity index (χ0v) is 8.94. The fourth-order valence-electron chi connectivity index (χ4n) is 1.81. The first-order valence-corrected chi connectivity index (χ1v) is 5.26. The molecule has 0 amide bonds. The van der Waals surface area contributed by atoms with Gasteiger partial charge in [0.2, 0.25) is 0 Å². The van der Waals surface area contributed by atoms with Crippen LogP contribution in [0.1, 0.15) is 30.1 Å². The fraction of sp³-hybridized carbons (Fsp3) is 0.417. The van der Waals surface area contributed by atoms with Crippen molar-refractivity contribution in [1.29, 1.82) is 0 Å². The Morgan fingerprint density at radius 3 is 3.07 bits per heavy atom. The third kappa shape index (κ3) is 2.18. The molecule has 2 heterocycles. The predicted octanol–water partition coefficient (Wildman–Crippen LogP) is 2.08. The van der Waals surface area contributed by atoms with E-state index in [-0.39, 0.29) is 6.04 Å². The molecular formula is C12H16N2O. The van der Waals surface area contributed by atoms with Crippen LogP contribution >= 0.6 is 0 Å². The van der Waals surface area contributed by atoms with Crippen LogP contribution in [0.5, 0.6) is 0 Å². The van der Waals surface area contributed by atoms with Crippen LogP contribution in [0.3, 0.4) is 0 Å². The van der Waals surface area contributed by atoms with E-state index in [0.29, 0.717) is 0 Å². The number of rotatable bonds is 2. The fourth-order valence-corrected chi connectivity index (χ4v) is 1.81. The van der Waals surface area contributed by atoms with Gasteiger partial charge in [0.15, 0.2) is 0 Å². The molecule has 3 nitrogen and oxygen atoms in total. The van der Waals surface area contributed by atoms with Gasteiger partial charge in [-0.1, -0.05) is 6.07 Å². The van der Waals surface area contributed by atoms with E-state index in [1.807, 2.05) is 19.1 Å². The first-order valence-electron chi connectivity index (χ1n) is 5.26. The van der Waals surface area contributed by atoms with Gasteiger partial charge in [0, 0.05) is 6.20 Å². The number of pyridine rings is 1. The Bertz CT molecular complexity index is 374. The van der Waals surface area contributed by atoms with Gasteiger partial charge >= 0.3 is 0 Å². The molecule has 2 rings (SSSR count). The van der Waals surface area contributed by atoms with Gasteiger partial charge in [-0.2, -0.15) is 0 Å². The number of hydrogen-bond donors (Lipinski definition) is 1. The van der Waals surface area contributed by atoms with Crippen LogP contribution in [0.2, 0.25) is 0 Å². The van der Waals surface area contributed by atoms with Gasteiger partial charge in [0.25, 0.3) is 0 Å². The normalized spacial score (nSPS) is 17.9. The lowest BCUT2D eigenvalue weighted by molar-refractivity contribution is 0.221. The standard InChI is InChI=1S/C12H16N2O/c1-9-4-2-6-14-12(9)11(13)10-5-3-7-15-8-10/h2,4,6,8,11H,3,5,7,13H2,1H3. The highest BCUT2D eigenvalue weighted by molar-refractivity contribution is 5.28. The van der Waals surface area contributed by atoms with Gasteiger partial charge in [-0.25, -0.2) is 0 Å². The molecule has 0 spiro atoms. The van der Waals surface area contributed by atoms with Gasteiger partial charge in [0.05, 0.1) is 24.6 Å². The van der Waals surface area contributed by atoms with Crippen molar-refractivity contribution < 1.29 is 4.74 Å². The lowest BCUT2D eigenvalue weighted by Gasteiger charge is -2.20. The van der Waals surface area contributed by atoms with Crippen molar-refractivity contribution in [3.63, 3.8) is 0 Å². The van der Waals surface area contributed by atoms with Crippen molar-refractivity contribution in [2.75, 3.05) is 6.61 Å². The molecule has 0 aliphatic carbocycles. The topological polar surface area (TPSA) is 48.1 Å². The maximum atomic E-state index is 6.16. The molecular weight excluding hydrogens is 188 g/mol. The zero-order valence-electron chi connectivity index (χ0n) is 8.94. The van der Waals surface area contributed by atoms with Crippen molar-refractivity contribution in [2.24, 2.45) is 5.73 Å². The van der Waals surface area contributed by atoms with Crippen LogP contribution < -0.4 is 5.73 Å². The highest BCUT2D eigenvalue weighted by Gasteiger charge is 2.17. The predicted molar refractivity (Wildman–Crippen MR) is 59.2 cm³/mol. The maximum Gasteiger partial charge on any atom is 0.0876 e. The van der Waals surface area contributed by atoms with E-state index >= 15 is 0 Å². The number of aryl methyl sites for hydroxylation is 1. The second-order valence-electron chi connectivity index (χ2n) is 3.85. The Morgan fingerprint density at radius 2 is 2.40 bits per heavy atom. The summed E-state index contributed by atoms with van der Waals surface area (Å²) in [6, 6.07) is 3.84. The van der Waals surface area contributed by atoms with Crippen molar-refractivity contribution in [2.45, 2.75) is 25.8 Å². The van der Waals surface area contributed by atoms with Gasteiger partial charge < -0.3 is 10.5 Å². The molecule has 0 saturated heterocycles. The molecule has 0 fully saturated rings. The van der Waals surface area contributed by atoms with Crippen LogP contribution in [0.25, 0.3) is 0 Å². The number of ether oxygens (including phenoxy) is 1. The van der Waals surface area contributed by atoms with Crippen LogP contribution in [0.15, 0.2) is 30.2 Å². The molecule has 0 aromatic carbocycles. The number of nitrogens with zero attached hydrogens (tertiary/aromatic N) is 1. The summed E-state index contributed by atoms with van der Waals surface area (Å²) in [6.07, 6.45) is 5.64. The Morgan fingerprint density at radius 1 is 1.53 bits per heavy atom. The van der Waals surface area contributed by atoms with Crippen LogP contribution in [-0.4, -0.2) is 11.6 Å². The molecule has 0 saturated carbocycles. The first kappa shape index (κ1) is 10.2. The number of aromatic nitrogens is 1. The molecule has 0 bridgehead atoms. The summed E-state index contributed by atoms with van der Waals surface area (Å²) in [5, 5.41) is 0. The SMILES string of the molecule is Cc1cccnc1C(N)C1=COCCC1. The second-order valence-corrected chi connectivity index (χ2v) is 3.85. The monoisotopic (exact) mass is 204 g/mol. The van der Waals surface area contributed by atoms with Crippen molar-refractivity contribution in [1.82, 2.24) is 4.98 Å². The molecule has 2 N–H and O–H groups in total. The molecule has 1 aromatic heterocycles. The average Bonchev–Trinajstić information content (AvgIpc) is 2.30. The van der Waals surface area contributed by atoms with Crippen molar-refractivity contribution in [3.8, 4) is 0 Å². The maximum absolute atomic E-state index is 6.16. The summed E-state index contributed by atoms with van der Waals surface area (Å²) in [7, 11) is 0. The molecule has 1 aliphatic rings. The highest BCUT2D eigenvalue weighted by atomic mass is 16.5. The average molecular weight is 204 g/mol. The van der Waals surface area contributed by atoms with Gasteiger partial charge in [-0.3, -0.25) is 4.98 Å². The van der Waals surface area contributed by atoms with E-state index in [0.717, 1.165) is 36.3 Å². The van der Waals surface area contributed by atoms with Gasteiger partial charge in [-0.05, 0) is 37.0 Å². The van der Waals surface area contributed by atoms with Crippen molar-refractivity contribution in [3.05, 3.63) is 41.4 Å². The number of nitrogens with two attached hydrogens (primary N) is 1.